The average molecular weight is 701 g/mol. The molecular formula is C51H32N4. The van der Waals surface area contributed by atoms with Crippen molar-refractivity contribution in [1.82, 2.24) is 19.5 Å². The van der Waals surface area contributed by atoms with E-state index in [1.54, 1.807) is 0 Å². The van der Waals surface area contributed by atoms with Crippen LogP contribution in [0.25, 0.3) is 105 Å². The molecule has 0 spiro atoms. The summed E-state index contributed by atoms with van der Waals surface area (Å²) in [6.07, 6.45) is 0. The molecule has 0 aliphatic carbocycles. The molecule has 3 heterocycles. The lowest BCUT2D eigenvalue weighted by Gasteiger charge is -2.15. The second-order valence-corrected chi connectivity index (χ2v) is 14.0. The molecule has 0 saturated carbocycles. The minimum absolute atomic E-state index is 0.855. The van der Waals surface area contributed by atoms with Gasteiger partial charge in [0.15, 0.2) is 0 Å². The van der Waals surface area contributed by atoms with Crippen molar-refractivity contribution in [2.75, 3.05) is 0 Å². The van der Waals surface area contributed by atoms with Crippen molar-refractivity contribution in [2.24, 2.45) is 0 Å². The van der Waals surface area contributed by atoms with E-state index in [2.05, 4.69) is 187 Å². The number of fused-ring (bicyclic) bond motifs is 8. The first-order valence-corrected chi connectivity index (χ1v) is 18.6. The zero-order valence-electron chi connectivity index (χ0n) is 29.8. The summed E-state index contributed by atoms with van der Waals surface area (Å²) < 4.78 is 2.35. The predicted molar refractivity (Wildman–Crippen MR) is 228 cm³/mol. The zero-order valence-corrected chi connectivity index (χ0v) is 29.8. The van der Waals surface area contributed by atoms with Gasteiger partial charge in [-0.1, -0.05) is 152 Å². The molecule has 3 aromatic heterocycles. The van der Waals surface area contributed by atoms with Gasteiger partial charge in [0.25, 0.3) is 0 Å². The Balaban J connectivity index is 1.03. The summed E-state index contributed by atoms with van der Waals surface area (Å²) in [7, 11) is 0. The minimum Gasteiger partial charge on any atom is -0.309 e. The van der Waals surface area contributed by atoms with Crippen molar-refractivity contribution in [1.29, 1.82) is 0 Å². The summed E-state index contributed by atoms with van der Waals surface area (Å²) in [5, 5.41) is 5.71. The van der Waals surface area contributed by atoms with Gasteiger partial charge in [0, 0.05) is 49.3 Å². The molecule has 11 aromatic rings. The van der Waals surface area contributed by atoms with Gasteiger partial charge >= 0.3 is 0 Å². The van der Waals surface area contributed by atoms with E-state index in [0.717, 1.165) is 83.3 Å². The molecule has 4 heteroatoms. The maximum Gasteiger partial charge on any atom is 0.0980 e. The highest BCUT2D eigenvalue weighted by molar-refractivity contribution is 6.21. The monoisotopic (exact) mass is 700 g/mol. The van der Waals surface area contributed by atoms with Crippen LogP contribution in [0.4, 0.5) is 0 Å². The van der Waals surface area contributed by atoms with Gasteiger partial charge in [0.05, 0.1) is 44.7 Å². The van der Waals surface area contributed by atoms with Gasteiger partial charge in [-0.2, -0.15) is 0 Å². The fourth-order valence-corrected chi connectivity index (χ4v) is 8.19. The number of aromatic nitrogens is 4. The number of hydrogen-bond donors (Lipinski definition) is 0. The molecule has 8 aromatic carbocycles. The lowest BCUT2D eigenvalue weighted by molar-refractivity contribution is 1.18. The highest BCUT2D eigenvalue weighted by Gasteiger charge is 2.19. The lowest BCUT2D eigenvalue weighted by atomic mass is 9.96. The van der Waals surface area contributed by atoms with Gasteiger partial charge < -0.3 is 4.57 Å². The van der Waals surface area contributed by atoms with Crippen LogP contribution in [0.2, 0.25) is 0 Å². The Kier molecular flexibility index (Phi) is 7.14. The number of hydrogen-bond acceptors (Lipinski definition) is 3. The predicted octanol–water partition coefficient (Wildman–Crippen LogP) is 13.1. The van der Waals surface area contributed by atoms with E-state index >= 15 is 0 Å². The molecule has 0 aliphatic rings. The molecule has 0 unspecified atom stereocenters. The summed E-state index contributed by atoms with van der Waals surface area (Å²) in [6.45, 7) is 0. The Bertz CT molecular complexity index is 3170. The maximum absolute atomic E-state index is 5.46. The van der Waals surface area contributed by atoms with Gasteiger partial charge in [-0.25, -0.2) is 15.0 Å². The Morgan fingerprint density at radius 3 is 1.40 bits per heavy atom. The van der Waals surface area contributed by atoms with E-state index in [1.165, 1.54) is 21.8 Å². The van der Waals surface area contributed by atoms with Gasteiger partial charge in [0.2, 0.25) is 0 Å². The highest BCUT2D eigenvalue weighted by atomic mass is 15.0. The quantitative estimate of drug-likeness (QED) is 0.168. The Hall–Kier alpha value is -7.43. The molecule has 11 rings (SSSR count). The Labute approximate surface area is 317 Å². The topological polar surface area (TPSA) is 43.6 Å². The largest absolute Gasteiger partial charge is 0.309 e. The molecule has 0 aliphatic heterocycles. The summed E-state index contributed by atoms with van der Waals surface area (Å²) in [4.78, 5) is 16.0. The van der Waals surface area contributed by atoms with E-state index in [1.807, 2.05) is 12.1 Å². The van der Waals surface area contributed by atoms with Gasteiger partial charge in [-0.3, -0.25) is 0 Å². The molecule has 256 valence electrons. The molecule has 0 fully saturated rings. The van der Waals surface area contributed by atoms with Crippen LogP contribution in [0.1, 0.15) is 0 Å². The third-order valence-electron chi connectivity index (χ3n) is 10.8. The van der Waals surface area contributed by atoms with Crippen molar-refractivity contribution in [2.45, 2.75) is 0 Å². The van der Waals surface area contributed by atoms with Crippen molar-refractivity contribution in [3.05, 3.63) is 194 Å². The number of rotatable bonds is 5. The van der Waals surface area contributed by atoms with Crippen molar-refractivity contribution >= 4 is 54.5 Å². The molecule has 0 bridgehead atoms. The summed E-state index contributed by atoms with van der Waals surface area (Å²) in [5.74, 6) is 0. The molecular weight excluding hydrogens is 669 g/mol. The molecule has 4 nitrogen and oxygen atoms in total. The molecule has 0 saturated heterocycles. The van der Waals surface area contributed by atoms with Gasteiger partial charge in [-0.15, -0.1) is 0 Å². The smallest absolute Gasteiger partial charge is 0.0980 e. The van der Waals surface area contributed by atoms with E-state index in [4.69, 9.17) is 15.0 Å². The number of nitrogens with zero attached hydrogens (tertiary/aromatic N) is 4. The number of pyridine rings is 1. The normalized spacial score (nSPS) is 11.6. The van der Waals surface area contributed by atoms with Crippen LogP contribution < -0.4 is 0 Å². The van der Waals surface area contributed by atoms with Crippen LogP contribution in [0, 0.1) is 0 Å². The lowest BCUT2D eigenvalue weighted by Crippen LogP contribution is -1.98. The second kappa shape index (κ2) is 12.6. The van der Waals surface area contributed by atoms with Crippen LogP contribution in [0.3, 0.4) is 0 Å². The second-order valence-electron chi connectivity index (χ2n) is 14.0. The molecule has 0 atom stereocenters. The third-order valence-corrected chi connectivity index (χ3v) is 10.8. The first kappa shape index (κ1) is 31.1. The minimum atomic E-state index is 0.855. The SMILES string of the molecule is c1ccc(-c2nc3ccc4c(-c5ccc(-c6ccc(-n7c8ccccc8c8ccccc87)cc6)cc5)nc5ccccc5c4c3nc2-c2ccccc2)cc1. The summed E-state index contributed by atoms with van der Waals surface area (Å²) >= 11 is 0. The third kappa shape index (κ3) is 5.11. The fourth-order valence-electron chi connectivity index (χ4n) is 8.19. The first-order chi connectivity index (χ1) is 27.3. The van der Waals surface area contributed by atoms with Crippen LogP contribution >= 0.6 is 0 Å². The van der Waals surface area contributed by atoms with E-state index in [9.17, 15) is 0 Å². The van der Waals surface area contributed by atoms with Crippen LogP contribution in [0.15, 0.2) is 194 Å². The maximum atomic E-state index is 5.46. The molecule has 0 N–H and O–H groups in total. The van der Waals surface area contributed by atoms with Crippen LogP contribution in [0.5, 0.6) is 0 Å². The van der Waals surface area contributed by atoms with Gasteiger partial charge in [0.1, 0.15) is 0 Å². The van der Waals surface area contributed by atoms with Crippen LogP contribution in [-0.4, -0.2) is 19.5 Å². The van der Waals surface area contributed by atoms with Crippen molar-refractivity contribution < 1.29 is 0 Å². The number of para-hydroxylation sites is 3. The fraction of sp³-hybridized carbons (Fsp3) is 0. The van der Waals surface area contributed by atoms with Crippen molar-refractivity contribution in [3.8, 4) is 50.6 Å². The zero-order chi connectivity index (χ0) is 36.3. The first-order valence-electron chi connectivity index (χ1n) is 18.6. The Morgan fingerprint density at radius 2 is 0.764 bits per heavy atom. The van der Waals surface area contributed by atoms with E-state index < -0.39 is 0 Å². The number of benzene rings is 8. The molecule has 0 radical (unpaired) electrons. The average Bonchev–Trinajstić information content (AvgIpc) is 3.60. The summed E-state index contributed by atoms with van der Waals surface area (Å²) in [5.41, 5.74) is 14.3. The van der Waals surface area contributed by atoms with Crippen molar-refractivity contribution in [3.63, 3.8) is 0 Å². The molecule has 0 amide bonds. The van der Waals surface area contributed by atoms with E-state index in [-0.39, 0.29) is 0 Å². The van der Waals surface area contributed by atoms with Crippen LogP contribution in [-0.2, 0) is 0 Å². The van der Waals surface area contributed by atoms with Gasteiger partial charge in [-0.05, 0) is 53.6 Å². The molecule has 55 heavy (non-hydrogen) atoms. The van der Waals surface area contributed by atoms with E-state index in [0.29, 0.717) is 0 Å². The standard InChI is InChI=1S/C51H32N4/c1-3-13-35(14-4-1)49-50(36-15-5-2-6-16-36)54-51-44(53-49)32-31-42-47(51)41-19-7-10-20-43(41)52-48(42)37-25-23-33(24-26-37)34-27-29-38(30-28-34)55-45-21-11-8-17-39(45)40-18-9-12-22-46(40)55/h1-32H. The summed E-state index contributed by atoms with van der Waals surface area (Å²) in [6, 6.07) is 68.3. The Morgan fingerprint density at radius 1 is 0.291 bits per heavy atom. The highest BCUT2D eigenvalue weighted by Crippen LogP contribution is 2.39.